The van der Waals surface area contributed by atoms with Crippen molar-refractivity contribution in [3.05, 3.63) is 35.1 Å². The number of benzene rings is 1. The molecule has 0 aromatic heterocycles. The second-order valence-corrected chi connectivity index (χ2v) is 4.56. The molecular weight excluding hydrogens is 231 g/mol. The van der Waals surface area contributed by atoms with Crippen LogP contribution in [0.3, 0.4) is 0 Å². The van der Waals surface area contributed by atoms with Crippen molar-refractivity contribution >= 4 is 0 Å². The van der Waals surface area contributed by atoms with Gasteiger partial charge in [-0.25, -0.2) is 13.2 Å². The third-order valence-corrected chi connectivity index (χ3v) is 3.47. The molecule has 0 spiro atoms. The summed E-state index contributed by atoms with van der Waals surface area (Å²) in [7, 11) is 0. The number of nitrogens with two attached hydrogens (primary N) is 1. The number of aliphatic hydroxyl groups is 1. The van der Waals surface area contributed by atoms with E-state index in [0.717, 1.165) is 0 Å². The van der Waals surface area contributed by atoms with Crippen molar-refractivity contribution in [2.75, 3.05) is 0 Å². The Labute approximate surface area is 97.2 Å². The third kappa shape index (κ3) is 1.83. The summed E-state index contributed by atoms with van der Waals surface area (Å²) in [6.07, 6.45) is -3.43. The Hall–Kier alpha value is -1.07. The average Bonchev–Trinajstić information content (AvgIpc) is 2.99. The highest BCUT2D eigenvalue weighted by Gasteiger charge is 2.56. The number of alkyl halides is 2. The topological polar surface area (TPSA) is 46.2 Å². The largest absolute Gasteiger partial charge is 0.393 e. The van der Waals surface area contributed by atoms with Gasteiger partial charge in [-0.1, -0.05) is 12.1 Å². The van der Waals surface area contributed by atoms with Crippen LogP contribution >= 0.6 is 0 Å². The first kappa shape index (κ1) is 12.4. The van der Waals surface area contributed by atoms with Gasteiger partial charge in [-0.15, -0.1) is 0 Å². The van der Waals surface area contributed by atoms with Crippen LogP contribution in [-0.2, 0) is 5.54 Å². The number of rotatable bonds is 3. The molecule has 0 heterocycles. The summed E-state index contributed by atoms with van der Waals surface area (Å²) >= 11 is 0. The molecule has 17 heavy (non-hydrogen) atoms. The van der Waals surface area contributed by atoms with Crippen LogP contribution in [0.15, 0.2) is 18.2 Å². The lowest BCUT2D eigenvalue weighted by Crippen LogP contribution is -2.47. The first-order valence-corrected chi connectivity index (χ1v) is 5.39. The van der Waals surface area contributed by atoms with Crippen molar-refractivity contribution in [2.45, 2.75) is 31.4 Å². The monoisotopic (exact) mass is 245 g/mol. The predicted molar refractivity (Wildman–Crippen MR) is 57.1 cm³/mol. The summed E-state index contributed by atoms with van der Waals surface area (Å²) in [6, 6.07) is 3.96. The zero-order valence-corrected chi connectivity index (χ0v) is 9.33. The highest BCUT2D eigenvalue weighted by molar-refractivity contribution is 5.36. The summed E-state index contributed by atoms with van der Waals surface area (Å²) in [4.78, 5) is 0. The highest BCUT2D eigenvalue weighted by atomic mass is 19.3. The summed E-state index contributed by atoms with van der Waals surface area (Å²) in [6.45, 7) is 1.42. The Morgan fingerprint density at radius 1 is 1.47 bits per heavy atom. The van der Waals surface area contributed by atoms with Crippen molar-refractivity contribution in [2.24, 2.45) is 11.7 Å². The summed E-state index contributed by atoms with van der Waals surface area (Å²) in [5.41, 5.74) is 3.98. The van der Waals surface area contributed by atoms with Crippen LogP contribution in [0.5, 0.6) is 0 Å². The van der Waals surface area contributed by atoms with Crippen molar-refractivity contribution in [3.63, 3.8) is 0 Å². The molecule has 3 atom stereocenters. The van der Waals surface area contributed by atoms with E-state index in [1.54, 1.807) is 0 Å². The maximum atomic E-state index is 13.4. The van der Waals surface area contributed by atoms with Gasteiger partial charge in [-0.2, -0.15) is 0 Å². The van der Waals surface area contributed by atoms with Gasteiger partial charge in [0.15, 0.2) is 0 Å². The van der Waals surface area contributed by atoms with Gasteiger partial charge in [0.2, 0.25) is 0 Å². The molecule has 2 nitrogen and oxygen atoms in total. The van der Waals surface area contributed by atoms with Gasteiger partial charge in [0, 0.05) is 5.92 Å². The lowest BCUT2D eigenvalue weighted by Gasteiger charge is -2.31. The smallest absolute Gasteiger partial charge is 0.260 e. The summed E-state index contributed by atoms with van der Waals surface area (Å²) in [5.74, 6) is -1.27. The second-order valence-electron chi connectivity index (χ2n) is 4.56. The maximum absolute atomic E-state index is 13.4. The Morgan fingerprint density at radius 3 is 2.53 bits per heavy atom. The van der Waals surface area contributed by atoms with E-state index >= 15 is 0 Å². The number of hydrogen-bond acceptors (Lipinski definition) is 2. The van der Waals surface area contributed by atoms with E-state index in [2.05, 4.69) is 0 Å². The fraction of sp³-hybridized carbons (Fsp3) is 0.500. The number of hydrogen-bond donors (Lipinski definition) is 2. The minimum atomic E-state index is -2.84. The van der Waals surface area contributed by atoms with E-state index < -0.39 is 29.8 Å². The van der Waals surface area contributed by atoms with E-state index in [9.17, 15) is 18.3 Å². The fourth-order valence-electron chi connectivity index (χ4n) is 2.25. The standard InChI is InChI=1S/C12H14F3NO/c1-6-7(3-2-4-9(6)13)12(16,11(14)15)8-5-10(8)17/h2-4,8,10-11,17H,5,16H2,1H3/t8-,10+,12-/m0/s1. The van der Waals surface area contributed by atoms with E-state index in [4.69, 9.17) is 5.73 Å². The highest BCUT2D eigenvalue weighted by Crippen LogP contribution is 2.48. The van der Waals surface area contributed by atoms with Gasteiger partial charge in [0.05, 0.1) is 6.10 Å². The molecule has 1 aromatic carbocycles. The van der Waals surface area contributed by atoms with Crippen LogP contribution in [-0.4, -0.2) is 17.6 Å². The van der Waals surface area contributed by atoms with Crippen LogP contribution < -0.4 is 5.73 Å². The molecule has 1 aromatic rings. The Balaban J connectivity index is 2.50. The zero-order chi connectivity index (χ0) is 12.8. The molecule has 1 aliphatic carbocycles. The normalized spacial score (nSPS) is 27.0. The maximum Gasteiger partial charge on any atom is 0.260 e. The Bertz CT molecular complexity index is 438. The lowest BCUT2D eigenvalue weighted by atomic mass is 9.83. The van der Waals surface area contributed by atoms with Gasteiger partial charge in [0.25, 0.3) is 6.43 Å². The molecule has 0 saturated heterocycles. The zero-order valence-electron chi connectivity index (χ0n) is 9.33. The summed E-state index contributed by atoms with van der Waals surface area (Å²) < 4.78 is 39.8. The van der Waals surface area contributed by atoms with Crippen LogP contribution in [0.1, 0.15) is 17.5 Å². The molecule has 1 aliphatic rings. The first-order valence-electron chi connectivity index (χ1n) is 5.39. The van der Waals surface area contributed by atoms with E-state index in [0.29, 0.717) is 0 Å². The fourth-order valence-corrected chi connectivity index (χ4v) is 2.25. The third-order valence-electron chi connectivity index (χ3n) is 3.47. The molecule has 0 unspecified atom stereocenters. The van der Waals surface area contributed by atoms with Crippen LogP contribution in [0.4, 0.5) is 13.2 Å². The van der Waals surface area contributed by atoms with Crippen molar-refractivity contribution in [1.29, 1.82) is 0 Å². The SMILES string of the molecule is Cc1c(F)cccc1[C@@](N)(C(F)F)[C@H]1C[C@H]1O. The summed E-state index contributed by atoms with van der Waals surface area (Å²) in [5, 5.41) is 9.33. The lowest BCUT2D eigenvalue weighted by molar-refractivity contribution is 0.0277. The van der Waals surface area contributed by atoms with E-state index in [-0.39, 0.29) is 17.5 Å². The number of halogens is 3. The Kier molecular flexibility index (Phi) is 2.91. The molecule has 5 heteroatoms. The predicted octanol–water partition coefficient (Wildman–Crippen LogP) is 1.93. The molecule has 0 aliphatic heterocycles. The molecule has 94 valence electrons. The van der Waals surface area contributed by atoms with Gasteiger partial charge >= 0.3 is 0 Å². The Morgan fingerprint density at radius 2 is 2.06 bits per heavy atom. The van der Waals surface area contributed by atoms with Crippen molar-refractivity contribution in [1.82, 2.24) is 0 Å². The minimum Gasteiger partial charge on any atom is -0.393 e. The van der Waals surface area contributed by atoms with Crippen LogP contribution in [0, 0.1) is 18.7 Å². The van der Waals surface area contributed by atoms with Gasteiger partial charge in [-0.05, 0) is 30.5 Å². The molecular formula is C12H14F3NO. The van der Waals surface area contributed by atoms with Crippen LogP contribution in [0.25, 0.3) is 0 Å². The second kappa shape index (κ2) is 3.99. The minimum absolute atomic E-state index is 0.0778. The van der Waals surface area contributed by atoms with Crippen LogP contribution in [0.2, 0.25) is 0 Å². The van der Waals surface area contributed by atoms with Gasteiger partial charge < -0.3 is 10.8 Å². The number of aliphatic hydroxyl groups excluding tert-OH is 1. The van der Waals surface area contributed by atoms with Crippen molar-refractivity contribution < 1.29 is 18.3 Å². The quantitative estimate of drug-likeness (QED) is 0.854. The first-order chi connectivity index (χ1) is 7.89. The van der Waals surface area contributed by atoms with E-state index in [1.807, 2.05) is 0 Å². The van der Waals surface area contributed by atoms with Crippen molar-refractivity contribution in [3.8, 4) is 0 Å². The average molecular weight is 245 g/mol. The molecule has 0 radical (unpaired) electrons. The molecule has 1 saturated carbocycles. The molecule has 3 N–H and O–H groups in total. The molecule has 1 fully saturated rings. The van der Waals surface area contributed by atoms with E-state index in [1.165, 1.54) is 25.1 Å². The molecule has 0 amide bonds. The molecule has 2 rings (SSSR count). The molecule has 0 bridgehead atoms. The van der Waals surface area contributed by atoms with Gasteiger partial charge in [0.1, 0.15) is 11.4 Å². The van der Waals surface area contributed by atoms with Gasteiger partial charge in [-0.3, -0.25) is 0 Å².